The Morgan fingerprint density at radius 3 is 2.71 bits per heavy atom. The quantitative estimate of drug-likeness (QED) is 0.625. The summed E-state index contributed by atoms with van der Waals surface area (Å²) in [5, 5.41) is 6.52. The molecule has 0 bridgehead atoms. The summed E-state index contributed by atoms with van der Waals surface area (Å²) >= 11 is 0. The van der Waals surface area contributed by atoms with Gasteiger partial charge in [0.1, 0.15) is 12.1 Å². The first-order chi connectivity index (χ1) is 14.8. The highest BCUT2D eigenvalue weighted by molar-refractivity contribution is 6.07. The van der Waals surface area contributed by atoms with Gasteiger partial charge in [-0.15, -0.1) is 0 Å². The third-order valence-corrected chi connectivity index (χ3v) is 4.78. The molecule has 3 aromatic rings. The Hall–Kier alpha value is -3.73. The standard InChI is InChI=1S/C20H23N7O4/c1-11-7-27(8-12(2)31-11)16-6-13(4-5-22-16)20-24-15(10-30-20)19(29)23-14-9-26(3)25-17(14)18(21)28/h4-6,9-12H,7-8H2,1-3H3,(H2,21,28)(H,23,29)/t11-,12+. The molecule has 4 rings (SSSR count). The number of primary amides is 1. The van der Waals surface area contributed by atoms with Crippen molar-refractivity contribution in [3.63, 3.8) is 0 Å². The summed E-state index contributed by atoms with van der Waals surface area (Å²) in [4.78, 5) is 34.9. The second kappa shape index (κ2) is 8.19. The first-order valence-electron chi connectivity index (χ1n) is 9.77. The molecule has 1 saturated heterocycles. The van der Waals surface area contributed by atoms with E-state index in [9.17, 15) is 9.59 Å². The van der Waals surface area contributed by atoms with Gasteiger partial charge in [0.15, 0.2) is 11.4 Å². The molecule has 31 heavy (non-hydrogen) atoms. The van der Waals surface area contributed by atoms with Gasteiger partial charge in [-0.25, -0.2) is 9.97 Å². The van der Waals surface area contributed by atoms with Gasteiger partial charge in [0.05, 0.1) is 17.9 Å². The molecule has 162 valence electrons. The number of hydrogen-bond donors (Lipinski definition) is 2. The molecular weight excluding hydrogens is 402 g/mol. The molecule has 2 amide bonds. The summed E-state index contributed by atoms with van der Waals surface area (Å²) in [6.07, 6.45) is 4.62. The monoisotopic (exact) mass is 425 g/mol. The lowest BCUT2D eigenvalue weighted by Crippen LogP contribution is -2.45. The van der Waals surface area contributed by atoms with E-state index < -0.39 is 11.8 Å². The zero-order chi connectivity index (χ0) is 22.1. The van der Waals surface area contributed by atoms with E-state index in [1.165, 1.54) is 17.1 Å². The Morgan fingerprint density at radius 1 is 1.26 bits per heavy atom. The van der Waals surface area contributed by atoms with Crippen LogP contribution < -0.4 is 16.0 Å². The molecule has 0 spiro atoms. The van der Waals surface area contributed by atoms with E-state index in [-0.39, 0.29) is 35.2 Å². The van der Waals surface area contributed by atoms with Crippen LogP contribution in [0.5, 0.6) is 0 Å². The molecule has 2 atom stereocenters. The largest absolute Gasteiger partial charge is 0.444 e. The van der Waals surface area contributed by atoms with Crippen molar-refractivity contribution in [2.75, 3.05) is 23.3 Å². The summed E-state index contributed by atoms with van der Waals surface area (Å²) in [5.74, 6) is -0.224. The van der Waals surface area contributed by atoms with Gasteiger partial charge in [0.25, 0.3) is 11.8 Å². The number of hydrogen-bond acceptors (Lipinski definition) is 8. The summed E-state index contributed by atoms with van der Waals surface area (Å²) in [5.41, 5.74) is 6.21. The third kappa shape index (κ3) is 4.40. The minimum atomic E-state index is -0.743. The third-order valence-electron chi connectivity index (χ3n) is 4.78. The van der Waals surface area contributed by atoms with Crippen LogP contribution >= 0.6 is 0 Å². The minimum Gasteiger partial charge on any atom is -0.444 e. The fourth-order valence-electron chi connectivity index (χ4n) is 3.55. The molecule has 0 radical (unpaired) electrons. The number of oxazole rings is 1. The highest BCUT2D eigenvalue weighted by Crippen LogP contribution is 2.25. The second-order valence-electron chi connectivity index (χ2n) is 7.49. The number of rotatable bonds is 5. The van der Waals surface area contributed by atoms with Crippen molar-refractivity contribution in [1.82, 2.24) is 19.7 Å². The second-order valence-corrected chi connectivity index (χ2v) is 7.49. The number of aromatic nitrogens is 4. The van der Waals surface area contributed by atoms with Gasteiger partial charge in [0, 0.05) is 38.1 Å². The van der Waals surface area contributed by atoms with E-state index in [1.807, 2.05) is 19.9 Å². The summed E-state index contributed by atoms with van der Waals surface area (Å²) in [7, 11) is 1.62. The van der Waals surface area contributed by atoms with Crippen LogP contribution in [0, 0.1) is 0 Å². The number of morpholine rings is 1. The average Bonchev–Trinajstić information content (AvgIpc) is 3.34. The van der Waals surface area contributed by atoms with E-state index in [0.717, 1.165) is 18.9 Å². The molecule has 1 aliphatic heterocycles. The Labute approximate surface area is 178 Å². The summed E-state index contributed by atoms with van der Waals surface area (Å²) in [6.45, 7) is 5.51. The van der Waals surface area contributed by atoms with Crippen molar-refractivity contribution in [1.29, 1.82) is 0 Å². The van der Waals surface area contributed by atoms with Gasteiger partial charge in [-0.2, -0.15) is 5.10 Å². The van der Waals surface area contributed by atoms with Crippen molar-refractivity contribution >= 4 is 23.3 Å². The molecule has 0 unspecified atom stereocenters. The minimum absolute atomic E-state index is 0.0349. The van der Waals surface area contributed by atoms with Crippen LogP contribution in [-0.2, 0) is 11.8 Å². The van der Waals surface area contributed by atoms with Crippen molar-refractivity contribution in [2.45, 2.75) is 26.1 Å². The Kier molecular flexibility index (Phi) is 5.42. The zero-order valence-corrected chi connectivity index (χ0v) is 17.4. The summed E-state index contributed by atoms with van der Waals surface area (Å²) < 4.78 is 12.7. The number of ether oxygens (including phenoxy) is 1. The van der Waals surface area contributed by atoms with E-state index in [0.29, 0.717) is 5.56 Å². The normalized spacial score (nSPS) is 18.7. The van der Waals surface area contributed by atoms with Gasteiger partial charge < -0.3 is 25.1 Å². The van der Waals surface area contributed by atoms with E-state index in [4.69, 9.17) is 14.9 Å². The maximum absolute atomic E-state index is 12.6. The van der Waals surface area contributed by atoms with Crippen molar-refractivity contribution in [2.24, 2.45) is 12.8 Å². The molecule has 11 nitrogen and oxygen atoms in total. The lowest BCUT2D eigenvalue weighted by molar-refractivity contribution is -0.00546. The predicted octanol–water partition coefficient (Wildman–Crippen LogP) is 1.43. The Morgan fingerprint density at radius 2 is 2.00 bits per heavy atom. The molecule has 3 N–H and O–H groups in total. The van der Waals surface area contributed by atoms with E-state index >= 15 is 0 Å². The Bertz CT molecular complexity index is 1110. The molecule has 1 aliphatic rings. The van der Waals surface area contributed by atoms with Gasteiger partial charge in [0.2, 0.25) is 5.89 Å². The van der Waals surface area contributed by atoms with Crippen LogP contribution in [-0.4, -0.2) is 56.9 Å². The molecule has 0 saturated carbocycles. The fourth-order valence-corrected chi connectivity index (χ4v) is 3.55. The molecule has 0 aromatic carbocycles. The van der Waals surface area contributed by atoms with Gasteiger partial charge in [-0.1, -0.05) is 0 Å². The summed E-state index contributed by atoms with van der Waals surface area (Å²) in [6, 6.07) is 3.63. The number of carbonyl (C=O) groups excluding carboxylic acids is 2. The lowest BCUT2D eigenvalue weighted by atomic mass is 10.2. The van der Waals surface area contributed by atoms with Crippen molar-refractivity contribution in [3.05, 3.63) is 42.2 Å². The first kappa shape index (κ1) is 20.5. The number of carbonyl (C=O) groups is 2. The van der Waals surface area contributed by atoms with Crippen molar-refractivity contribution < 1.29 is 18.7 Å². The van der Waals surface area contributed by atoms with Crippen LogP contribution in [0.4, 0.5) is 11.5 Å². The molecule has 1 fully saturated rings. The smallest absolute Gasteiger partial charge is 0.277 e. The maximum Gasteiger partial charge on any atom is 0.277 e. The van der Waals surface area contributed by atoms with Crippen LogP contribution in [0.2, 0.25) is 0 Å². The first-order valence-corrected chi connectivity index (χ1v) is 9.77. The topological polar surface area (TPSA) is 141 Å². The lowest BCUT2D eigenvalue weighted by Gasteiger charge is -2.36. The molecule has 11 heteroatoms. The molecular formula is C20H23N7O4. The Balaban J connectivity index is 1.53. The zero-order valence-electron chi connectivity index (χ0n) is 17.4. The van der Waals surface area contributed by atoms with Gasteiger partial charge >= 0.3 is 0 Å². The molecule has 0 aliphatic carbocycles. The predicted molar refractivity (Wildman–Crippen MR) is 112 cm³/mol. The van der Waals surface area contributed by atoms with Crippen LogP contribution in [0.25, 0.3) is 11.5 Å². The number of nitrogens with zero attached hydrogens (tertiary/aromatic N) is 5. The highest BCUT2D eigenvalue weighted by atomic mass is 16.5. The number of aryl methyl sites for hydroxylation is 1. The maximum atomic E-state index is 12.6. The fraction of sp³-hybridized carbons (Fsp3) is 0.350. The van der Waals surface area contributed by atoms with E-state index in [2.05, 4.69) is 25.3 Å². The van der Waals surface area contributed by atoms with Gasteiger partial charge in [-0.3, -0.25) is 14.3 Å². The van der Waals surface area contributed by atoms with E-state index in [1.54, 1.807) is 19.3 Å². The van der Waals surface area contributed by atoms with Crippen LogP contribution in [0.3, 0.4) is 0 Å². The average molecular weight is 425 g/mol. The number of anilines is 2. The molecule has 4 heterocycles. The number of pyridine rings is 1. The van der Waals surface area contributed by atoms with Crippen LogP contribution in [0.15, 0.2) is 35.2 Å². The van der Waals surface area contributed by atoms with Gasteiger partial charge in [-0.05, 0) is 26.0 Å². The SMILES string of the molecule is C[C@@H]1CN(c2cc(-c3nc(C(=O)Nc4cn(C)nc4C(N)=O)co3)ccn2)C[C@H](C)O1. The van der Waals surface area contributed by atoms with Crippen LogP contribution in [0.1, 0.15) is 34.8 Å². The molecule has 3 aromatic heterocycles. The van der Waals surface area contributed by atoms with Crippen molar-refractivity contribution in [3.8, 4) is 11.5 Å². The number of nitrogens with one attached hydrogen (secondary N) is 1. The highest BCUT2D eigenvalue weighted by Gasteiger charge is 2.24. The number of nitrogens with two attached hydrogens (primary N) is 1. The number of amides is 2.